The van der Waals surface area contributed by atoms with Crippen LogP contribution in [0.3, 0.4) is 0 Å². The lowest BCUT2D eigenvalue weighted by Gasteiger charge is -2.22. The molecule has 0 bridgehead atoms. The maximum Gasteiger partial charge on any atom is 0.123 e. The molecule has 2 rings (SSSR count). The first kappa shape index (κ1) is 12.1. The van der Waals surface area contributed by atoms with Gasteiger partial charge in [0.2, 0.25) is 0 Å². The number of alkyl halides is 1. The van der Waals surface area contributed by atoms with E-state index in [9.17, 15) is 4.39 Å². The Morgan fingerprint density at radius 2 is 1.71 bits per heavy atom. The van der Waals surface area contributed by atoms with Gasteiger partial charge in [-0.25, -0.2) is 4.39 Å². The smallest absolute Gasteiger partial charge is 0.123 e. The molecule has 0 spiro atoms. The van der Waals surface area contributed by atoms with E-state index in [1.54, 1.807) is 12.1 Å². The van der Waals surface area contributed by atoms with Gasteiger partial charge >= 0.3 is 0 Å². The van der Waals surface area contributed by atoms with Gasteiger partial charge in [0.05, 0.1) is 0 Å². The number of hydrogen-bond donors (Lipinski definition) is 0. The minimum Gasteiger partial charge on any atom is -0.344 e. The topological polar surface area (TPSA) is 3.24 Å². The van der Waals surface area contributed by atoms with Crippen LogP contribution >= 0.6 is 15.9 Å². The molecule has 1 nitrogen and oxygen atoms in total. The van der Waals surface area contributed by atoms with Gasteiger partial charge in [-0.1, -0.05) is 34.1 Å². The summed E-state index contributed by atoms with van der Waals surface area (Å²) in [5.74, 6) is -0.212. The summed E-state index contributed by atoms with van der Waals surface area (Å²) >= 11 is 3.47. The number of nitrogens with zero attached hydrogens (tertiary/aromatic N) is 1. The maximum absolute atomic E-state index is 12.9. The highest BCUT2D eigenvalue weighted by molar-refractivity contribution is 9.08. The number of rotatable bonds is 3. The van der Waals surface area contributed by atoms with Gasteiger partial charge in [0.15, 0.2) is 0 Å². The Morgan fingerprint density at radius 1 is 1.06 bits per heavy atom. The van der Waals surface area contributed by atoms with E-state index in [0.717, 1.165) is 16.7 Å². The van der Waals surface area contributed by atoms with Crippen molar-refractivity contribution in [3.8, 4) is 0 Å². The summed E-state index contributed by atoms with van der Waals surface area (Å²) in [5.41, 5.74) is 3.30. The second-order valence-corrected chi connectivity index (χ2v) is 4.36. The molecular weight excluding hydrogens is 281 g/mol. The van der Waals surface area contributed by atoms with Gasteiger partial charge in [-0.05, 0) is 35.9 Å². The van der Waals surface area contributed by atoms with Gasteiger partial charge < -0.3 is 4.90 Å². The largest absolute Gasteiger partial charge is 0.344 e. The summed E-state index contributed by atoms with van der Waals surface area (Å²) in [7, 11) is 1.98. The quantitative estimate of drug-likeness (QED) is 0.754. The Balaban J connectivity index is 2.36. The molecule has 0 aliphatic heterocycles. The molecule has 3 heteroatoms. The van der Waals surface area contributed by atoms with Crippen molar-refractivity contribution in [1.82, 2.24) is 0 Å². The summed E-state index contributed by atoms with van der Waals surface area (Å²) in [5, 5.41) is 0.800. The molecule has 0 aromatic heterocycles. The highest BCUT2D eigenvalue weighted by Gasteiger charge is 2.07. The summed E-state index contributed by atoms with van der Waals surface area (Å²) in [6.45, 7) is 0. The van der Waals surface area contributed by atoms with Crippen LogP contribution in [0.1, 0.15) is 5.56 Å². The molecule has 0 aliphatic carbocycles. The third-order valence-corrected chi connectivity index (χ3v) is 3.31. The Bertz CT molecular complexity index is 496. The molecule has 0 heterocycles. The molecule has 0 aliphatic rings. The van der Waals surface area contributed by atoms with E-state index in [1.165, 1.54) is 17.7 Å². The lowest BCUT2D eigenvalue weighted by atomic mass is 10.1. The third kappa shape index (κ3) is 2.67. The summed E-state index contributed by atoms with van der Waals surface area (Å²) < 4.78 is 12.9. The predicted octanol–water partition coefficient (Wildman–Crippen LogP) is 4.49. The Kier molecular flexibility index (Phi) is 3.79. The molecule has 2 aromatic carbocycles. The molecule has 0 N–H and O–H groups in total. The van der Waals surface area contributed by atoms with E-state index >= 15 is 0 Å². The van der Waals surface area contributed by atoms with Crippen LogP contribution in [-0.2, 0) is 5.33 Å². The zero-order chi connectivity index (χ0) is 12.3. The number of anilines is 2. The van der Waals surface area contributed by atoms with Crippen LogP contribution in [0.15, 0.2) is 48.5 Å². The van der Waals surface area contributed by atoms with Crippen LogP contribution < -0.4 is 4.90 Å². The van der Waals surface area contributed by atoms with Gasteiger partial charge in [0.25, 0.3) is 0 Å². The summed E-state index contributed by atoms with van der Waals surface area (Å²) in [6.07, 6.45) is 0. The molecule has 0 fully saturated rings. The van der Waals surface area contributed by atoms with Crippen molar-refractivity contribution in [3.05, 3.63) is 59.9 Å². The first-order chi connectivity index (χ1) is 8.22. The average molecular weight is 294 g/mol. The zero-order valence-corrected chi connectivity index (χ0v) is 11.1. The third-order valence-electron chi connectivity index (χ3n) is 2.71. The fraction of sp³-hybridized carbons (Fsp3) is 0.143. The van der Waals surface area contributed by atoms with Gasteiger partial charge in [-0.15, -0.1) is 0 Å². The Hall–Kier alpha value is -1.35. The molecular formula is C14H13BrFN. The van der Waals surface area contributed by atoms with Crippen molar-refractivity contribution >= 4 is 27.3 Å². The van der Waals surface area contributed by atoms with E-state index in [0.29, 0.717) is 0 Å². The normalized spacial score (nSPS) is 10.3. The van der Waals surface area contributed by atoms with Crippen molar-refractivity contribution in [1.29, 1.82) is 0 Å². The van der Waals surface area contributed by atoms with E-state index < -0.39 is 0 Å². The fourth-order valence-electron chi connectivity index (χ4n) is 1.75. The highest BCUT2D eigenvalue weighted by Crippen LogP contribution is 2.28. The zero-order valence-electron chi connectivity index (χ0n) is 9.53. The summed E-state index contributed by atoms with van der Waals surface area (Å²) in [6, 6.07) is 14.6. The second-order valence-electron chi connectivity index (χ2n) is 3.80. The van der Waals surface area contributed by atoms with Crippen molar-refractivity contribution in [2.75, 3.05) is 11.9 Å². The predicted molar refractivity (Wildman–Crippen MR) is 73.5 cm³/mol. The van der Waals surface area contributed by atoms with Crippen molar-refractivity contribution in [3.63, 3.8) is 0 Å². The van der Waals surface area contributed by atoms with E-state index in [1.807, 2.05) is 19.2 Å². The fourth-order valence-corrected chi connectivity index (χ4v) is 2.23. The first-order valence-electron chi connectivity index (χ1n) is 5.35. The first-order valence-corrected chi connectivity index (χ1v) is 6.47. The molecule has 17 heavy (non-hydrogen) atoms. The van der Waals surface area contributed by atoms with Gasteiger partial charge in [-0.3, -0.25) is 0 Å². The van der Waals surface area contributed by atoms with Crippen molar-refractivity contribution in [2.45, 2.75) is 5.33 Å². The van der Waals surface area contributed by atoms with Crippen LogP contribution in [0.4, 0.5) is 15.8 Å². The molecule has 0 amide bonds. The molecule has 2 aromatic rings. The van der Waals surface area contributed by atoms with Gasteiger partial charge in [0, 0.05) is 23.8 Å². The van der Waals surface area contributed by atoms with Crippen LogP contribution in [0.2, 0.25) is 0 Å². The van der Waals surface area contributed by atoms with Gasteiger partial charge in [-0.2, -0.15) is 0 Å². The van der Waals surface area contributed by atoms with Crippen LogP contribution in [-0.4, -0.2) is 7.05 Å². The highest BCUT2D eigenvalue weighted by atomic mass is 79.9. The number of para-hydroxylation sites is 1. The molecule has 0 atom stereocenters. The standard InChI is InChI=1S/C14H13BrFN/c1-17(13-8-6-12(16)7-9-13)14-5-3-2-4-11(14)10-15/h2-9H,10H2,1H3. The van der Waals surface area contributed by atoms with E-state index in [-0.39, 0.29) is 5.82 Å². The van der Waals surface area contributed by atoms with E-state index in [4.69, 9.17) is 0 Å². The molecule has 0 unspecified atom stereocenters. The monoisotopic (exact) mass is 293 g/mol. The van der Waals surface area contributed by atoms with Crippen LogP contribution in [0.25, 0.3) is 0 Å². The number of benzene rings is 2. The SMILES string of the molecule is CN(c1ccc(F)cc1)c1ccccc1CBr. The Labute approximate surface area is 109 Å². The minimum absolute atomic E-state index is 0.212. The lowest BCUT2D eigenvalue weighted by Crippen LogP contribution is -2.11. The number of halogens is 2. The van der Waals surface area contributed by atoms with Crippen molar-refractivity contribution < 1.29 is 4.39 Å². The maximum atomic E-state index is 12.9. The minimum atomic E-state index is -0.212. The summed E-state index contributed by atoms with van der Waals surface area (Å²) in [4.78, 5) is 2.05. The molecule has 88 valence electrons. The second kappa shape index (κ2) is 5.32. The van der Waals surface area contributed by atoms with Crippen molar-refractivity contribution in [2.24, 2.45) is 0 Å². The number of hydrogen-bond acceptors (Lipinski definition) is 1. The van der Waals surface area contributed by atoms with E-state index in [2.05, 4.69) is 33.0 Å². The Morgan fingerprint density at radius 3 is 2.35 bits per heavy atom. The lowest BCUT2D eigenvalue weighted by molar-refractivity contribution is 0.628. The molecule has 0 radical (unpaired) electrons. The average Bonchev–Trinajstić information content (AvgIpc) is 2.39. The van der Waals surface area contributed by atoms with Gasteiger partial charge in [0.1, 0.15) is 5.82 Å². The van der Waals surface area contributed by atoms with Crippen LogP contribution in [0, 0.1) is 5.82 Å². The molecule has 0 saturated carbocycles. The molecule has 0 saturated heterocycles. The van der Waals surface area contributed by atoms with Crippen LogP contribution in [0.5, 0.6) is 0 Å².